The lowest BCUT2D eigenvalue weighted by Crippen LogP contribution is -2.44. The number of hydrogen-bond donors (Lipinski definition) is 1. The Bertz CT molecular complexity index is 960. The SMILES string of the molecule is C[C@@]1(CCc2ccccc2)NC(=O)N(/N=C\c2ccc([O-])c([N+](=O)[O-])c2)C1=O. The number of hydrazone groups is 1. The molecule has 1 fully saturated rings. The van der Waals surface area contributed by atoms with Gasteiger partial charge in [0.25, 0.3) is 11.6 Å². The van der Waals surface area contributed by atoms with E-state index >= 15 is 0 Å². The second-order valence-electron chi connectivity index (χ2n) is 6.59. The molecule has 9 heteroatoms. The number of nitrogens with one attached hydrogen (secondary N) is 1. The first kappa shape index (κ1) is 19.0. The highest BCUT2D eigenvalue weighted by Gasteiger charge is 2.47. The Kier molecular flexibility index (Phi) is 5.08. The fourth-order valence-corrected chi connectivity index (χ4v) is 2.86. The van der Waals surface area contributed by atoms with E-state index in [1.54, 1.807) is 6.92 Å². The molecule has 1 heterocycles. The van der Waals surface area contributed by atoms with Gasteiger partial charge in [-0.15, -0.1) is 5.01 Å². The Morgan fingerprint density at radius 3 is 2.61 bits per heavy atom. The van der Waals surface area contributed by atoms with E-state index in [0.717, 1.165) is 23.9 Å². The molecule has 0 spiro atoms. The number of nitro groups is 1. The molecule has 0 aromatic heterocycles. The average Bonchev–Trinajstić information content (AvgIpc) is 2.89. The van der Waals surface area contributed by atoms with Gasteiger partial charge in [0, 0.05) is 11.6 Å². The van der Waals surface area contributed by atoms with E-state index in [9.17, 15) is 24.8 Å². The third kappa shape index (κ3) is 3.83. The number of benzene rings is 2. The van der Waals surface area contributed by atoms with Crippen LogP contribution in [-0.4, -0.2) is 33.6 Å². The van der Waals surface area contributed by atoms with E-state index in [4.69, 9.17) is 0 Å². The maximum Gasteiger partial charge on any atom is 0.346 e. The van der Waals surface area contributed by atoms with Crippen molar-refractivity contribution in [3.8, 4) is 5.75 Å². The van der Waals surface area contributed by atoms with Crippen LogP contribution in [0.3, 0.4) is 0 Å². The minimum Gasteiger partial charge on any atom is -0.868 e. The molecule has 9 nitrogen and oxygen atoms in total. The van der Waals surface area contributed by atoms with Gasteiger partial charge in [0.15, 0.2) is 0 Å². The molecule has 0 saturated carbocycles. The normalized spacial score (nSPS) is 19.2. The van der Waals surface area contributed by atoms with Crippen molar-refractivity contribution in [3.05, 3.63) is 69.8 Å². The zero-order valence-corrected chi connectivity index (χ0v) is 15.0. The minimum absolute atomic E-state index is 0.227. The van der Waals surface area contributed by atoms with Crippen molar-refractivity contribution in [3.63, 3.8) is 0 Å². The van der Waals surface area contributed by atoms with Crippen molar-refractivity contribution in [1.82, 2.24) is 10.3 Å². The Hall–Kier alpha value is -3.75. The van der Waals surface area contributed by atoms with Gasteiger partial charge >= 0.3 is 6.03 Å². The molecule has 0 radical (unpaired) electrons. The molecular weight excluding hydrogens is 364 g/mol. The smallest absolute Gasteiger partial charge is 0.346 e. The predicted molar refractivity (Wildman–Crippen MR) is 98.7 cm³/mol. The molecule has 1 aliphatic rings. The molecule has 2 aromatic carbocycles. The maximum absolute atomic E-state index is 12.7. The monoisotopic (exact) mass is 381 g/mol. The van der Waals surface area contributed by atoms with Gasteiger partial charge in [0.1, 0.15) is 5.54 Å². The number of nitro benzene ring substituents is 1. The molecule has 1 saturated heterocycles. The molecule has 3 rings (SSSR count). The van der Waals surface area contributed by atoms with Crippen molar-refractivity contribution >= 4 is 23.8 Å². The number of urea groups is 1. The first-order valence-corrected chi connectivity index (χ1v) is 8.50. The molecule has 1 N–H and O–H groups in total. The number of aryl methyl sites for hydroxylation is 1. The zero-order chi connectivity index (χ0) is 20.3. The Balaban J connectivity index is 1.74. The van der Waals surface area contributed by atoms with Crippen LogP contribution in [0, 0.1) is 10.1 Å². The molecule has 3 amide bonds. The van der Waals surface area contributed by atoms with Crippen molar-refractivity contribution in [2.24, 2.45) is 5.10 Å². The fraction of sp³-hybridized carbons (Fsp3) is 0.211. The quantitative estimate of drug-likeness (QED) is 0.354. The third-order valence-electron chi connectivity index (χ3n) is 4.50. The predicted octanol–water partition coefficient (Wildman–Crippen LogP) is 1.95. The first-order chi connectivity index (χ1) is 13.3. The van der Waals surface area contributed by atoms with E-state index in [1.165, 1.54) is 6.07 Å². The van der Waals surface area contributed by atoms with E-state index in [1.807, 2.05) is 30.3 Å². The van der Waals surface area contributed by atoms with Gasteiger partial charge in [0.05, 0.1) is 11.1 Å². The van der Waals surface area contributed by atoms with Gasteiger partial charge in [-0.25, -0.2) is 4.79 Å². The molecular formula is C19H17N4O5-. The molecule has 0 bridgehead atoms. The number of imide groups is 1. The van der Waals surface area contributed by atoms with Gasteiger partial charge in [0.2, 0.25) is 0 Å². The highest BCUT2D eigenvalue weighted by Crippen LogP contribution is 2.25. The molecule has 1 aliphatic heterocycles. The topological polar surface area (TPSA) is 128 Å². The Morgan fingerprint density at radius 2 is 1.93 bits per heavy atom. The number of nitrogens with zero attached hydrogens (tertiary/aromatic N) is 3. The number of carbonyl (C=O) groups is 2. The second-order valence-corrected chi connectivity index (χ2v) is 6.59. The molecule has 28 heavy (non-hydrogen) atoms. The maximum atomic E-state index is 12.7. The van der Waals surface area contributed by atoms with Crippen LogP contribution in [0.4, 0.5) is 10.5 Å². The summed E-state index contributed by atoms with van der Waals surface area (Å²) in [5.41, 5.74) is -0.439. The summed E-state index contributed by atoms with van der Waals surface area (Å²) in [6, 6.07) is 12.3. The van der Waals surface area contributed by atoms with Gasteiger partial charge in [-0.1, -0.05) is 42.5 Å². The standard InChI is InChI=1S/C19H18N4O5/c1-19(10-9-13-5-3-2-4-6-13)17(25)22(18(26)21-19)20-12-14-7-8-16(24)15(11-14)23(27)28/h2-8,11-12,24H,9-10H2,1H3,(H,21,26)/p-1/b20-12-/t19-/m0/s1. The average molecular weight is 381 g/mol. The van der Waals surface area contributed by atoms with E-state index in [0.29, 0.717) is 17.9 Å². The number of carbonyl (C=O) groups excluding carboxylic acids is 2. The van der Waals surface area contributed by atoms with Crippen molar-refractivity contribution in [2.45, 2.75) is 25.3 Å². The van der Waals surface area contributed by atoms with Crippen LogP contribution in [0.25, 0.3) is 0 Å². The lowest BCUT2D eigenvalue weighted by molar-refractivity contribution is -0.398. The summed E-state index contributed by atoms with van der Waals surface area (Å²) >= 11 is 0. The zero-order valence-electron chi connectivity index (χ0n) is 15.0. The van der Waals surface area contributed by atoms with Crippen LogP contribution in [-0.2, 0) is 11.2 Å². The fourth-order valence-electron chi connectivity index (χ4n) is 2.86. The van der Waals surface area contributed by atoms with Crippen LogP contribution >= 0.6 is 0 Å². The van der Waals surface area contributed by atoms with Crippen molar-refractivity contribution < 1.29 is 19.6 Å². The third-order valence-corrected chi connectivity index (χ3v) is 4.50. The van der Waals surface area contributed by atoms with Crippen molar-refractivity contribution in [2.75, 3.05) is 0 Å². The van der Waals surface area contributed by atoms with Crippen LogP contribution in [0.2, 0.25) is 0 Å². The van der Waals surface area contributed by atoms with Gasteiger partial charge in [-0.2, -0.15) is 5.10 Å². The lowest BCUT2D eigenvalue weighted by atomic mass is 9.93. The molecule has 0 aliphatic carbocycles. The number of rotatable bonds is 6. The van der Waals surface area contributed by atoms with Crippen molar-refractivity contribution in [1.29, 1.82) is 0 Å². The lowest BCUT2D eigenvalue weighted by Gasteiger charge is -2.20. The van der Waals surface area contributed by atoms with E-state index in [-0.39, 0.29) is 5.56 Å². The van der Waals surface area contributed by atoms with Crippen LogP contribution < -0.4 is 10.4 Å². The van der Waals surface area contributed by atoms with Crippen LogP contribution in [0.15, 0.2) is 53.6 Å². The summed E-state index contributed by atoms with van der Waals surface area (Å²) in [6.45, 7) is 1.63. The molecule has 0 unspecified atom stereocenters. The van der Waals surface area contributed by atoms with E-state index < -0.39 is 33.8 Å². The highest BCUT2D eigenvalue weighted by molar-refractivity contribution is 6.07. The summed E-state index contributed by atoms with van der Waals surface area (Å²) in [7, 11) is 0. The summed E-state index contributed by atoms with van der Waals surface area (Å²) in [5, 5.41) is 29.5. The van der Waals surface area contributed by atoms with Crippen LogP contribution in [0.5, 0.6) is 5.75 Å². The number of hydrogen-bond acceptors (Lipinski definition) is 6. The highest BCUT2D eigenvalue weighted by atomic mass is 16.6. The van der Waals surface area contributed by atoms with Gasteiger partial charge in [-0.3, -0.25) is 14.9 Å². The summed E-state index contributed by atoms with van der Waals surface area (Å²) < 4.78 is 0. The minimum atomic E-state index is -1.10. The largest absolute Gasteiger partial charge is 0.868 e. The van der Waals surface area contributed by atoms with E-state index in [2.05, 4.69) is 10.4 Å². The summed E-state index contributed by atoms with van der Waals surface area (Å²) in [6.07, 6.45) is 2.12. The molecule has 1 atom stereocenters. The van der Waals surface area contributed by atoms with Gasteiger partial charge < -0.3 is 10.4 Å². The second kappa shape index (κ2) is 7.47. The first-order valence-electron chi connectivity index (χ1n) is 8.50. The van der Waals surface area contributed by atoms with Gasteiger partial charge in [-0.05, 0) is 31.1 Å². The van der Waals surface area contributed by atoms with Crippen LogP contribution in [0.1, 0.15) is 24.5 Å². The Morgan fingerprint density at radius 1 is 1.21 bits per heavy atom. The summed E-state index contributed by atoms with van der Waals surface area (Å²) in [4.78, 5) is 34.9. The summed E-state index contributed by atoms with van der Waals surface area (Å²) in [5.74, 6) is -1.25. The number of amides is 3. The Labute approximate surface area is 160 Å². The molecule has 2 aromatic rings. The molecule has 144 valence electrons.